The van der Waals surface area contributed by atoms with Crippen LogP contribution in [-0.4, -0.2) is 26.0 Å². The van der Waals surface area contributed by atoms with Crippen molar-refractivity contribution in [1.29, 1.82) is 0 Å². The van der Waals surface area contributed by atoms with Gasteiger partial charge in [0.25, 0.3) is 0 Å². The van der Waals surface area contributed by atoms with Crippen molar-refractivity contribution in [2.75, 3.05) is 0 Å². The zero-order chi connectivity index (χ0) is 13.9. The summed E-state index contributed by atoms with van der Waals surface area (Å²) in [6, 6.07) is 10.4. The van der Waals surface area contributed by atoms with Gasteiger partial charge in [0.05, 0.1) is 17.4 Å². The van der Waals surface area contributed by atoms with Crippen molar-refractivity contribution in [2.45, 2.75) is 26.4 Å². The van der Waals surface area contributed by atoms with E-state index >= 15 is 0 Å². The van der Waals surface area contributed by atoms with Crippen molar-refractivity contribution in [3.63, 3.8) is 0 Å². The van der Waals surface area contributed by atoms with E-state index in [4.69, 9.17) is 0 Å². The van der Waals surface area contributed by atoms with Crippen LogP contribution in [0.1, 0.15) is 19.4 Å². The Morgan fingerprint density at radius 3 is 2.90 bits per heavy atom. The SMILES string of the molecule is CC(C)NCc1cncc(-n2nnc3ccccc32)c1. The van der Waals surface area contributed by atoms with Gasteiger partial charge >= 0.3 is 0 Å². The standard InChI is InChI=1S/C15H17N5/c1-11(2)17-9-12-7-13(10-16-8-12)20-15-6-4-3-5-14(15)18-19-20/h3-8,10-11,17H,9H2,1-2H3. The highest BCUT2D eigenvalue weighted by molar-refractivity contribution is 5.75. The molecule has 0 atom stereocenters. The summed E-state index contributed by atoms with van der Waals surface area (Å²) >= 11 is 0. The molecule has 0 aliphatic carbocycles. The molecule has 2 aromatic heterocycles. The topological polar surface area (TPSA) is 55.6 Å². The lowest BCUT2D eigenvalue weighted by atomic mass is 10.2. The fourth-order valence-electron chi connectivity index (χ4n) is 2.07. The number of aromatic nitrogens is 4. The maximum Gasteiger partial charge on any atom is 0.113 e. The van der Waals surface area contributed by atoms with Crippen LogP contribution in [0.5, 0.6) is 0 Å². The first-order valence-corrected chi connectivity index (χ1v) is 6.72. The lowest BCUT2D eigenvalue weighted by molar-refractivity contribution is 0.587. The number of benzene rings is 1. The molecule has 0 saturated heterocycles. The number of pyridine rings is 1. The van der Waals surface area contributed by atoms with Crippen LogP contribution in [-0.2, 0) is 6.54 Å². The van der Waals surface area contributed by atoms with Crippen molar-refractivity contribution in [1.82, 2.24) is 25.3 Å². The molecule has 5 heteroatoms. The minimum atomic E-state index is 0.450. The van der Waals surface area contributed by atoms with Gasteiger partial charge in [-0.25, -0.2) is 4.68 Å². The first kappa shape index (κ1) is 12.7. The van der Waals surface area contributed by atoms with Gasteiger partial charge in [-0.2, -0.15) is 0 Å². The Hall–Kier alpha value is -2.27. The van der Waals surface area contributed by atoms with Crippen molar-refractivity contribution in [3.05, 3.63) is 48.3 Å². The summed E-state index contributed by atoms with van der Waals surface area (Å²) in [5, 5.41) is 11.8. The van der Waals surface area contributed by atoms with E-state index in [1.54, 1.807) is 6.20 Å². The molecule has 20 heavy (non-hydrogen) atoms. The Balaban J connectivity index is 1.95. The van der Waals surface area contributed by atoms with Gasteiger partial charge in [-0.05, 0) is 23.8 Å². The quantitative estimate of drug-likeness (QED) is 0.788. The highest BCUT2D eigenvalue weighted by Crippen LogP contribution is 2.15. The fourth-order valence-corrected chi connectivity index (χ4v) is 2.07. The van der Waals surface area contributed by atoms with Crippen molar-refractivity contribution >= 4 is 11.0 Å². The Morgan fingerprint density at radius 1 is 1.20 bits per heavy atom. The lowest BCUT2D eigenvalue weighted by Gasteiger charge is -2.09. The molecule has 5 nitrogen and oxygen atoms in total. The molecule has 3 aromatic rings. The molecule has 0 aliphatic rings. The van der Waals surface area contributed by atoms with Gasteiger partial charge in [-0.15, -0.1) is 5.10 Å². The van der Waals surface area contributed by atoms with E-state index in [0.29, 0.717) is 6.04 Å². The molecular formula is C15H17N5. The van der Waals surface area contributed by atoms with Crippen LogP contribution in [0.3, 0.4) is 0 Å². The van der Waals surface area contributed by atoms with E-state index in [2.05, 4.69) is 40.5 Å². The Kier molecular flexibility index (Phi) is 3.43. The van der Waals surface area contributed by atoms with Crippen LogP contribution in [0.2, 0.25) is 0 Å². The molecule has 1 N–H and O–H groups in total. The van der Waals surface area contributed by atoms with Crippen LogP contribution in [0, 0.1) is 0 Å². The molecule has 3 rings (SSSR count). The molecule has 0 aliphatic heterocycles. The molecule has 0 spiro atoms. The van der Waals surface area contributed by atoms with Crippen LogP contribution in [0.25, 0.3) is 16.7 Å². The second-order valence-electron chi connectivity index (χ2n) is 5.08. The van der Waals surface area contributed by atoms with Crippen molar-refractivity contribution in [3.8, 4) is 5.69 Å². The van der Waals surface area contributed by atoms with Crippen LogP contribution >= 0.6 is 0 Å². The molecule has 0 fully saturated rings. The fraction of sp³-hybridized carbons (Fsp3) is 0.267. The van der Waals surface area contributed by atoms with Crippen molar-refractivity contribution < 1.29 is 0 Å². The summed E-state index contributed by atoms with van der Waals surface area (Å²) in [5.41, 5.74) is 3.94. The average molecular weight is 267 g/mol. The summed E-state index contributed by atoms with van der Waals surface area (Å²) in [7, 11) is 0. The van der Waals surface area contributed by atoms with Gasteiger partial charge in [0.1, 0.15) is 5.52 Å². The first-order valence-electron chi connectivity index (χ1n) is 6.72. The van der Waals surface area contributed by atoms with Gasteiger partial charge in [0, 0.05) is 18.8 Å². The molecule has 1 aromatic carbocycles. The van der Waals surface area contributed by atoms with Gasteiger partial charge < -0.3 is 5.32 Å². The molecule has 2 heterocycles. The summed E-state index contributed by atoms with van der Waals surface area (Å²) in [6.45, 7) is 5.05. The second-order valence-corrected chi connectivity index (χ2v) is 5.08. The van der Waals surface area contributed by atoms with Crippen LogP contribution in [0.4, 0.5) is 0 Å². The zero-order valence-electron chi connectivity index (χ0n) is 11.6. The number of hydrogen-bond donors (Lipinski definition) is 1. The molecule has 0 bridgehead atoms. The third-order valence-corrected chi connectivity index (χ3v) is 3.09. The molecular weight excluding hydrogens is 250 g/mol. The Labute approximate surface area is 117 Å². The van der Waals surface area contributed by atoms with Crippen LogP contribution < -0.4 is 5.32 Å². The van der Waals surface area contributed by atoms with E-state index in [9.17, 15) is 0 Å². The van der Waals surface area contributed by atoms with Gasteiger partial charge in [-0.3, -0.25) is 4.98 Å². The maximum absolute atomic E-state index is 4.30. The number of rotatable bonds is 4. The first-order chi connectivity index (χ1) is 9.74. The maximum atomic E-state index is 4.30. The number of nitrogens with one attached hydrogen (secondary N) is 1. The van der Waals surface area contributed by atoms with E-state index in [1.165, 1.54) is 0 Å². The number of hydrogen-bond acceptors (Lipinski definition) is 4. The summed E-state index contributed by atoms with van der Waals surface area (Å²) in [5.74, 6) is 0. The minimum Gasteiger partial charge on any atom is -0.310 e. The van der Waals surface area contributed by atoms with E-state index in [0.717, 1.165) is 28.8 Å². The number of para-hydroxylation sites is 1. The third kappa shape index (κ3) is 2.53. The highest BCUT2D eigenvalue weighted by Gasteiger charge is 2.06. The smallest absolute Gasteiger partial charge is 0.113 e. The molecule has 0 saturated carbocycles. The predicted molar refractivity (Wildman–Crippen MR) is 78.6 cm³/mol. The van der Waals surface area contributed by atoms with E-state index < -0.39 is 0 Å². The number of fused-ring (bicyclic) bond motifs is 1. The second kappa shape index (κ2) is 5.38. The highest BCUT2D eigenvalue weighted by atomic mass is 15.4. The third-order valence-electron chi connectivity index (χ3n) is 3.09. The lowest BCUT2D eigenvalue weighted by Crippen LogP contribution is -2.22. The average Bonchev–Trinajstić information content (AvgIpc) is 2.89. The Morgan fingerprint density at radius 2 is 2.05 bits per heavy atom. The van der Waals surface area contributed by atoms with Gasteiger partial charge in [0.2, 0.25) is 0 Å². The largest absolute Gasteiger partial charge is 0.310 e. The molecule has 0 amide bonds. The summed E-state index contributed by atoms with van der Waals surface area (Å²) in [4.78, 5) is 4.30. The molecule has 102 valence electrons. The predicted octanol–water partition coefficient (Wildman–Crippen LogP) is 2.31. The van der Waals surface area contributed by atoms with Gasteiger partial charge in [0.15, 0.2) is 0 Å². The van der Waals surface area contributed by atoms with Gasteiger partial charge in [-0.1, -0.05) is 31.2 Å². The Bertz CT molecular complexity index is 717. The number of nitrogens with zero attached hydrogens (tertiary/aromatic N) is 4. The minimum absolute atomic E-state index is 0.450. The summed E-state index contributed by atoms with van der Waals surface area (Å²) in [6.07, 6.45) is 3.68. The van der Waals surface area contributed by atoms with E-state index in [-0.39, 0.29) is 0 Å². The van der Waals surface area contributed by atoms with Crippen LogP contribution in [0.15, 0.2) is 42.7 Å². The van der Waals surface area contributed by atoms with Crippen molar-refractivity contribution in [2.24, 2.45) is 0 Å². The normalized spacial score (nSPS) is 11.3. The monoisotopic (exact) mass is 267 g/mol. The molecule has 0 unspecified atom stereocenters. The zero-order valence-corrected chi connectivity index (χ0v) is 11.6. The van der Waals surface area contributed by atoms with E-state index in [1.807, 2.05) is 35.1 Å². The summed E-state index contributed by atoms with van der Waals surface area (Å²) < 4.78 is 1.82. The molecule has 0 radical (unpaired) electrons.